The monoisotopic (exact) mass is 300 g/mol. The molecular weight excluding hydrogens is 268 g/mol. The molecule has 0 bridgehead atoms. The van der Waals surface area contributed by atoms with Crippen LogP contribution in [0.5, 0.6) is 0 Å². The lowest BCUT2D eigenvalue weighted by Crippen LogP contribution is -2.52. The molecule has 0 aromatic heterocycles. The zero-order valence-corrected chi connectivity index (χ0v) is 14.4. The van der Waals surface area contributed by atoms with Crippen molar-refractivity contribution < 1.29 is 14.6 Å². The highest BCUT2D eigenvalue weighted by Crippen LogP contribution is 2.17. The average molecular weight is 300 g/mol. The molecule has 5 nitrogen and oxygen atoms in total. The van der Waals surface area contributed by atoms with Gasteiger partial charge >= 0.3 is 6.09 Å². The Kier molecular flexibility index (Phi) is 6.05. The fraction of sp³-hybridized carbons (Fsp3) is 0.938. The second-order valence-corrected chi connectivity index (χ2v) is 7.66. The summed E-state index contributed by atoms with van der Waals surface area (Å²) in [5, 5.41) is 13.5. The highest BCUT2D eigenvalue weighted by molar-refractivity contribution is 5.68. The second kappa shape index (κ2) is 6.97. The molecule has 1 rings (SSSR count). The quantitative estimate of drug-likeness (QED) is 0.841. The number of nitrogens with one attached hydrogen (secondary N) is 1. The molecule has 1 aliphatic heterocycles. The third kappa shape index (κ3) is 6.66. The van der Waals surface area contributed by atoms with E-state index in [2.05, 4.69) is 5.32 Å². The first-order chi connectivity index (χ1) is 9.49. The Hall–Kier alpha value is -0.810. The highest BCUT2D eigenvalue weighted by Gasteiger charge is 2.29. The summed E-state index contributed by atoms with van der Waals surface area (Å²) >= 11 is 0. The van der Waals surface area contributed by atoms with Crippen molar-refractivity contribution in [1.29, 1.82) is 0 Å². The summed E-state index contributed by atoms with van der Waals surface area (Å²) in [4.78, 5) is 14.0. The topological polar surface area (TPSA) is 61.8 Å². The Morgan fingerprint density at radius 2 is 1.90 bits per heavy atom. The Morgan fingerprint density at radius 3 is 2.43 bits per heavy atom. The molecule has 0 spiro atoms. The fourth-order valence-electron chi connectivity index (χ4n) is 2.33. The molecule has 1 aliphatic rings. The summed E-state index contributed by atoms with van der Waals surface area (Å²) in [6.07, 6.45) is 2.84. The molecule has 1 amide bonds. The maximum absolute atomic E-state index is 12.2. The van der Waals surface area contributed by atoms with Crippen molar-refractivity contribution in [2.45, 2.75) is 84.1 Å². The van der Waals surface area contributed by atoms with Crippen LogP contribution in [0.15, 0.2) is 0 Å². The van der Waals surface area contributed by atoms with Gasteiger partial charge in [0.1, 0.15) is 5.60 Å². The van der Waals surface area contributed by atoms with Crippen LogP contribution in [0, 0.1) is 0 Å². The number of hydrogen-bond donors (Lipinski definition) is 2. The summed E-state index contributed by atoms with van der Waals surface area (Å²) in [6, 6.07) is 0.169. The number of aliphatic hydroxyl groups is 1. The molecule has 1 saturated heterocycles. The third-order valence-corrected chi connectivity index (χ3v) is 3.87. The maximum Gasteiger partial charge on any atom is 0.410 e. The first-order valence-corrected chi connectivity index (χ1v) is 7.95. The van der Waals surface area contributed by atoms with E-state index in [-0.39, 0.29) is 18.2 Å². The van der Waals surface area contributed by atoms with Crippen molar-refractivity contribution in [2.75, 3.05) is 13.1 Å². The minimum absolute atomic E-state index is 0.0268. The number of rotatable bonds is 3. The zero-order valence-electron chi connectivity index (χ0n) is 14.4. The van der Waals surface area contributed by atoms with Crippen molar-refractivity contribution in [2.24, 2.45) is 0 Å². The van der Waals surface area contributed by atoms with Gasteiger partial charge in [0.05, 0.1) is 5.60 Å². The van der Waals surface area contributed by atoms with Crippen LogP contribution in [-0.4, -0.2) is 52.5 Å². The van der Waals surface area contributed by atoms with Crippen LogP contribution in [0.2, 0.25) is 0 Å². The largest absolute Gasteiger partial charge is 0.444 e. The summed E-state index contributed by atoms with van der Waals surface area (Å²) in [7, 11) is 0. The van der Waals surface area contributed by atoms with Crippen LogP contribution in [0.4, 0.5) is 4.79 Å². The molecule has 0 aliphatic carbocycles. The van der Waals surface area contributed by atoms with E-state index in [9.17, 15) is 9.90 Å². The molecule has 0 radical (unpaired) electrons. The lowest BCUT2D eigenvalue weighted by molar-refractivity contribution is 0.0206. The van der Waals surface area contributed by atoms with E-state index in [0.717, 1.165) is 25.8 Å². The predicted octanol–water partition coefficient (Wildman–Crippen LogP) is 2.53. The van der Waals surface area contributed by atoms with Crippen molar-refractivity contribution in [1.82, 2.24) is 10.2 Å². The first kappa shape index (κ1) is 18.2. The molecule has 0 aromatic carbocycles. The van der Waals surface area contributed by atoms with Gasteiger partial charge in [0, 0.05) is 25.2 Å². The van der Waals surface area contributed by atoms with Crippen molar-refractivity contribution >= 4 is 6.09 Å². The van der Waals surface area contributed by atoms with Crippen LogP contribution >= 0.6 is 0 Å². The van der Waals surface area contributed by atoms with Gasteiger partial charge in [-0.15, -0.1) is 0 Å². The summed E-state index contributed by atoms with van der Waals surface area (Å²) in [6.45, 7) is 12.6. The van der Waals surface area contributed by atoms with Crippen LogP contribution in [-0.2, 0) is 4.74 Å². The normalized spacial score (nSPS) is 22.6. The van der Waals surface area contributed by atoms with E-state index < -0.39 is 11.2 Å². The van der Waals surface area contributed by atoms with Gasteiger partial charge in [0.15, 0.2) is 0 Å². The van der Waals surface area contributed by atoms with Gasteiger partial charge in [-0.05, 0) is 54.4 Å². The molecule has 2 atom stereocenters. The predicted molar refractivity (Wildman–Crippen MR) is 84.3 cm³/mol. The number of likely N-dealkylation sites (tertiary alicyclic amines) is 1. The standard InChI is InChI=1S/C16H32N2O3/c1-12(16(5,6)20)17-13-9-7-8-10-18(11-13)14(19)21-15(2,3)4/h12-13,17,20H,7-11H2,1-6H3. The zero-order chi connectivity index (χ0) is 16.3. The van der Waals surface area contributed by atoms with Crippen molar-refractivity contribution in [3.05, 3.63) is 0 Å². The molecule has 124 valence electrons. The maximum atomic E-state index is 12.2. The van der Waals surface area contributed by atoms with Crippen molar-refractivity contribution in [3.63, 3.8) is 0 Å². The average Bonchev–Trinajstić information content (AvgIpc) is 2.51. The summed E-state index contributed by atoms with van der Waals surface area (Å²) in [5.74, 6) is 0. The number of ether oxygens (including phenoxy) is 1. The summed E-state index contributed by atoms with van der Waals surface area (Å²) < 4.78 is 5.46. The van der Waals surface area contributed by atoms with Gasteiger partial charge < -0.3 is 20.1 Å². The van der Waals surface area contributed by atoms with Gasteiger partial charge in [-0.25, -0.2) is 4.79 Å². The Labute approximate surface area is 129 Å². The van der Waals surface area contributed by atoms with Gasteiger partial charge in [0.25, 0.3) is 0 Å². The number of carbonyl (C=O) groups excluding carboxylic acids is 1. The second-order valence-electron chi connectivity index (χ2n) is 7.66. The van der Waals surface area contributed by atoms with Crippen LogP contribution in [0.3, 0.4) is 0 Å². The van der Waals surface area contributed by atoms with Crippen LogP contribution in [0.25, 0.3) is 0 Å². The molecule has 5 heteroatoms. The number of hydrogen-bond acceptors (Lipinski definition) is 4. The summed E-state index contributed by atoms with van der Waals surface area (Å²) in [5.41, 5.74) is -1.24. The minimum atomic E-state index is -0.775. The van der Waals surface area contributed by atoms with Gasteiger partial charge in [-0.2, -0.15) is 0 Å². The lowest BCUT2D eigenvalue weighted by atomic mass is 9.99. The molecule has 2 N–H and O–H groups in total. The van der Waals surface area contributed by atoms with Gasteiger partial charge in [0.2, 0.25) is 0 Å². The van der Waals surface area contributed by atoms with E-state index in [1.807, 2.05) is 27.7 Å². The smallest absolute Gasteiger partial charge is 0.410 e. The minimum Gasteiger partial charge on any atom is -0.444 e. The number of nitrogens with zero attached hydrogens (tertiary/aromatic N) is 1. The van der Waals surface area contributed by atoms with Crippen molar-refractivity contribution in [3.8, 4) is 0 Å². The van der Waals surface area contributed by atoms with E-state index in [1.165, 1.54) is 0 Å². The van der Waals surface area contributed by atoms with Gasteiger partial charge in [-0.1, -0.05) is 6.42 Å². The van der Waals surface area contributed by atoms with Crippen LogP contribution < -0.4 is 5.32 Å². The lowest BCUT2D eigenvalue weighted by Gasteiger charge is -2.33. The Bertz CT molecular complexity index is 344. The molecule has 21 heavy (non-hydrogen) atoms. The van der Waals surface area contributed by atoms with E-state index in [4.69, 9.17) is 4.74 Å². The molecule has 1 fully saturated rings. The van der Waals surface area contributed by atoms with E-state index >= 15 is 0 Å². The number of carbonyl (C=O) groups is 1. The Balaban J connectivity index is 2.62. The first-order valence-electron chi connectivity index (χ1n) is 7.95. The SMILES string of the molecule is CC(NC1CCCCN(C(=O)OC(C)(C)C)C1)C(C)(C)O. The van der Waals surface area contributed by atoms with E-state index in [1.54, 1.807) is 18.7 Å². The van der Waals surface area contributed by atoms with Gasteiger partial charge in [-0.3, -0.25) is 0 Å². The number of amides is 1. The molecule has 0 aromatic rings. The highest BCUT2D eigenvalue weighted by atomic mass is 16.6. The third-order valence-electron chi connectivity index (χ3n) is 3.87. The van der Waals surface area contributed by atoms with Crippen LogP contribution in [0.1, 0.15) is 60.8 Å². The molecular formula is C16H32N2O3. The molecule has 2 unspecified atom stereocenters. The molecule has 1 heterocycles. The van der Waals surface area contributed by atoms with E-state index in [0.29, 0.717) is 6.54 Å². The Morgan fingerprint density at radius 1 is 1.29 bits per heavy atom. The molecule has 0 saturated carbocycles. The fourth-order valence-corrected chi connectivity index (χ4v) is 2.33.